The Morgan fingerprint density at radius 3 is 2.45 bits per heavy atom. The van der Waals surface area contributed by atoms with Crippen LogP contribution in [0.5, 0.6) is 0 Å². The summed E-state index contributed by atoms with van der Waals surface area (Å²) < 4.78 is 37.6. The second kappa shape index (κ2) is 5.52. The van der Waals surface area contributed by atoms with Gasteiger partial charge in [0.2, 0.25) is 11.8 Å². The van der Waals surface area contributed by atoms with E-state index in [2.05, 4.69) is 5.32 Å². The molecule has 0 spiro atoms. The molecular formula is C13H13F3N2O2. The summed E-state index contributed by atoms with van der Waals surface area (Å²) in [4.78, 5) is 24.0. The zero-order valence-electron chi connectivity index (χ0n) is 10.5. The Kier molecular flexibility index (Phi) is 3.96. The standard InChI is InChI=1S/C13H13F3N2O2/c14-13(15,16)8-18-10(12(20)17-7-11(18)19)6-9-4-2-1-3-5-9/h1-5,10H,6-8H2,(H,17,20). The van der Waals surface area contributed by atoms with Crippen LogP contribution in [0.4, 0.5) is 13.2 Å². The summed E-state index contributed by atoms with van der Waals surface area (Å²) in [5, 5.41) is 2.32. The summed E-state index contributed by atoms with van der Waals surface area (Å²) in [6.07, 6.45) is -4.46. The molecule has 4 nitrogen and oxygen atoms in total. The van der Waals surface area contributed by atoms with Crippen molar-refractivity contribution in [1.29, 1.82) is 0 Å². The van der Waals surface area contributed by atoms with Crippen molar-refractivity contribution in [2.24, 2.45) is 0 Å². The maximum absolute atomic E-state index is 12.5. The molecule has 0 aliphatic carbocycles. The van der Waals surface area contributed by atoms with Crippen molar-refractivity contribution in [1.82, 2.24) is 10.2 Å². The van der Waals surface area contributed by atoms with Gasteiger partial charge in [-0.25, -0.2) is 0 Å². The van der Waals surface area contributed by atoms with Gasteiger partial charge in [0.1, 0.15) is 12.6 Å². The van der Waals surface area contributed by atoms with Crippen LogP contribution in [0.3, 0.4) is 0 Å². The highest BCUT2D eigenvalue weighted by molar-refractivity contribution is 5.95. The van der Waals surface area contributed by atoms with E-state index in [-0.39, 0.29) is 13.0 Å². The first-order chi connectivity index (χ1) is 9.37. The Bertz CT molecular complexity index is 502. The second-order valence-corrected chi connectivity index (χ2v) is 4.56. The van der Waals surface area contributed by atoms with Gasteiger partial charge in [0.15, 0.2) is 0 Å². The third kappa shape index (κ3) is 3.49. The van der Waals surface area contributed by atoms with E-state index >= 15 is 0 Å². The predicted molar refractivity (Wildman–Crippen MR) is 64.7 cm³/mol. The molecule has 2 rings (SSSR count). The molecule has 0 aromatic heterocycles. The number of piperazine rings is 1. The number of halogens is 3. The molecule has 1 aliphatic rings. The fourth-order valence-electron chi connectivity index (χ4n) is 2.13. The molecule has 0 saturated carbocycles. The van der Waals surface area contributed by atoms with Crippen molar-refractivity contribution in [3.05, 3.63) is 35.9 Å². The number of alkyl halides is 3. The maximum Gasteiger partial charge on any atom is 0.406 e. The molecule has 1 N–H and O–H groups in total. The minimum absolute atomic E-state index is 0.0640. The van der Waals surface area contributed by atoms with Crippen molar-refractivity contribution in [2.75, 3.05) is 13.1 Å². The van der Waals surface area contributed by atoms with Gasteiger partial charge in [-0.15, -0.1) is 0 Å². The number of hydrogen-bond acceptors (Lipinski definition) is 2. The number of amides is 2. The van der Waals surface area contributed by atoms with Gasteiger partial charge in [0.05, 0.1) is 6.54 Å². The summed E-state index contributed by atoms with van der Waals surface area (Å²) in [5.41, 5.74) is 0.703. The smallest absolute Gasteiger partial charge is 0.345 e. The summed E-state index contributed by atoms with van der Waals surface area (Å²) in [6, 6.07) is 7.51. The van der Waals surface area contributed by atoms with Crippen LogP contribution < -0.4 is 5.32 Å². The Morgan fingerprint density at radius 1 is 1.20 bits per heavy atom. The van der Waals surface area contributed by atoms with Gasteiger partial charge >= 0.3 is 6.18 Å². The van der Waals surface area contributed by atoms with Crippen molar-refractivity contribution in [3.63, 3.8) is 0 Å². The van der Waals surface area contributed by atoms with Gasteiger partial charge in [0, 0.05) is 6.42 Å². The molecule has 1 fully saturated rings. The average Bonchev–Trinajstić information content (AvgIpc) is 2.38. The highest BCUT2D eigenvalue weighted by atomic mass is 19.4. The number of carbonyl (C=O) groups excluding carboxylic acids is 2. The molecular weight excluding hydrogens is 273 g/mol. The Hall–Kier alpha value is -2.05. The highest BCUT2D eigenvalue weighted by Gasteiger charge is 2.41. The molecule has 0 radical (unpaired) electrons. The molecule has 2 amide bonds. The third-order valence-electron chi connectivity index (χ3n) is 3.03. The topological polar surface area (TPSA) is 49.4 Å². The van der Waals surface area contributed by atoms with E-state index in [1.165, 1.54) is 0 Å². The number of rotatable bonds is 3. The van der Waals surface area contributed by atoms with Crippen molar-refractivity contribution >= 4 is 11.8 Å². The van der Waals surface area contributed by atoms with E-state index in [4.69, 9.17) is 0 Å². The van der Waals surface area contributed by atoms with Gasteiger partial charge in [-0.3, -0.25) is 9.59 Å². The fraction of sp³-hybridized carbons (Fsp3) is 0.385. The second-order valence-electron chi connectivity index (χ2n) is 4.56. The van der Waals surface area contributed by atoms with Crippen LogP contribution in [0.15, 0.2) is 30.3 Å². The van der Waals surface area contributed by atoms with Crippen LogP contribution in [0, 0.1) is 0 Å². The van der Waals surface area contributed by atoms with Crippen LogP contribution in [0.25, 0.3) is 0 Å². The Balaban J connectivity index is 2.20. The lowest BCUT2D eigenvalue weighted by Crippen LogP contribution is -2.61. The first-order valence-corrected chi connectivity index (χ1v) is 6.05. The molecule has 1 aromatic carbocycles. The molecule has 1 aromatic rings. The lowest BCUT2D eigenvalue weighted by atomic mass is 10.0. The van der Waals surface area contributed by atoms with Crippen LogP contribution in [-0.4, -0.2) is 42.0 Å². The molecule has 108 valence electrons. The quantitative estimate of drug-likeness (QED) is 0.905. The van der Waals surface area contributed by atoms with E-state index in [1.54, 1.807) is 30.3 Å². The molecule has 1 unspecified atom stereocenters. The molecule has 0 bridgehead atoms. The van der Waals surface area contributed by atoms with Gasteiger partial charge in [-0.1, -0.05) is 30.3 Å². The van der Waals surface area contributed by atoms with Crippen LogP contribution in [0.2, 0.25) is 0 Å². The van der Waals surface area contributed by atoms with Gasteiger partial charge in [-0.05, 0) is 5.56 Å². The van der Waals surface area contributed by atoms with Gasteiger partial charge in [0.25, 0.3) is 0 Å². The van der Waals surface area contributed by atoms with Crippen molar-refractivity contribution in [2.45, 2.75) is 18.6 Å². The molecule has 1 saturated heterocycles. The van der Waals surface area contributed by atoms with E-state index in [0.29, 0.717) is 10.5 Å². The molecule has 1 heterocycles. The number of hydrogen-bond donors (Lipinski definition) is 1. The Morgan fingerprint density at radius 2 is 1.85 bits per heavy atom. The average molecular weight is 286 g/mol. The van der Waals surface area contributed by atoms with Crippen LogP contribution in [0.1, 0.15) is 5.56 Å². The molecule has 1 aliphatic heterocycles. The summed E-state index contributed by atoms with van der Waals surface area (Å²) in [7, 11) is 0. The number of carbonyl (C=O) groups is 2. The zero-order chi connectivity index (χ0) is 14.8. The van der Waals surface area contributed by atoms with E-state index < -0.39 is 30.6 Å². The largest absolute Gasteiger partial charge is 0.406 e. The first-order valence-electron chi connectivity index (χ1n) is 6.05. The lowest BCUT2D eigenvalue weighted by molar-refractivity contribution is -0.171. The molecule has 1 atom stereocenters. The minimum atomic E-state index is -4.53. The summed E-state index contributed by atoms with van der Waals surface area (Å²) in [6.45, 7) is -1.79. The van der Waals surface area contributed by atoms with Gasteiger partial charge in [-0.2, -0.15) is 13.2 Å². The number of benzene rings is 1. The van der Waals surface area contributed by atoms with E-state index in [9.17, 15) is 22.8 Å². The van der Waals surface area contributed by atoms with Crippen LogP contribution in [-0.2, 0) is 16.0 Å². The molecule has 7 heteroatoms. The first kappa shape index (κ1) is 14.4. The SMILES string of the molecule is O=C1NCC(=O)N(CC(F)(F)F)C1Cc1ccccc1. The molecule has 20 heavy (non-hydrogen) atoms. The maximum atomic E-state index is 12.5. The minimum Gasteiger partial charge on any atom is -0.345 e. The zero-order valence-corrected chi connectivity index (χ0v) is 10.5. The fourth-order valence-corrected chi connectivity index (χ4v) is 2.13. The van der Waals surface area contributed by atoms with E-state index in [1.807, 2.05) is 0 Å². The van der Waals surface area contributed by atoms with Crippen molar-refractivity contribution in [3.8, 4) is 0 Å². The number of nitrogens with one attached hydrogen (secondary N) is 1. The van der Waals surface area contributed by atoms with Crippen molar-refractivity contribution < 1.29 is 22.8 Å². The van der Waals surface area contributed by atoms with Crippen LogP contribution >= 0.6 is 0 Å². The van der Waals surface area contributed by atoms with E-state index in [0.717, 1.165) is 0 Å². The lowest BCUT2D eigenvalue weighted by Gasteiger charge is -2.35. The predicted octanol–water partition coefficient (Wildman–Crippen LogP) is 1.12. The number of nitrogens with zero attached hydrogens (tertiary/aromatic N) is 1. The summed E-state index contributed by atoms with van der Waals surface area (Å²) >= 11 is 0. The normalized spacial score (nSPS) is 19.9. The van der Waals surface area contributed by atoms with Gasteiger partial charge < -0.3 is 10.2 Å². The third-order valence-corrected chi connectivity index (χ3v) is 3.03. The monoisotopic (exact) mass is 286 g/mol. The Labute approximate surface area is 113 Å². The summed E-state index contributed by atoms with van der Waals surface area (Å²) in [5.74, 6) is -1.28. The highest BCUT2D eigenvalue weighted by Crippen LogP contribution is 2.21.